The van der Waals surface area contributed by atoms with Crippen molar-refractivity contribution < 1.29 is 4.74 Å². The molecule has 0 unspecified atom stereocenters. The molecule has 1 heterocycles. The Morgan fingerprint density at radius 2 is 2.09 bits per heavy atom. The Kier molecular flexibility index (Phi) is 4.81. The van der Waals surface area contributed by atoms with Crippen molar-refractivity contribution in [2.24, 2.45) is 10.7 Å². The highest BCUT2D eigenvalue weighted by Gasteiger charge is 2.07. The van der Waals surface area contributed by atoms with Crippen molar-refractivity contribution in [3.05, 3.63) is 53.7 Å². The number of pyridine rings is 1. The standard InChI is InChI=1S/C15H16N6O/c1-19-13-7-3-6-12(21-13)14(17)22-15(18)20-11-5-2-4-10(8-11)9-16/h2-9,16-17H,1H3,(H2,18,20)(H,19,21). The highest BCUT2D eigenvalue weighted by atomic mass is 16.5. The molecule has 1 aromatic heterocycles. The molecule has 0 fully saturated rings. The van der Waals surface area contributed by atoms with Crippen LogP contribution in [0.1, 0.15) is 11.3 Å². The second kappa shape index (κ2) is 6.98. The van der Waals surface area contributed by atoms with Gasteiger partial charge in [-0.25, -0.2) is 4.98 Å². The topological polar surface area (TPSA) is 120 Å². The molecular formula is C15H16N6O. The van der Waals surface area contributed by atoms with E-state index < -0.39 is 0 Å². The highest BCUT2D eigenvalue weighted by molar-refractivity contribution is 5.98. The fourth-order valence-corrected chi connectivity index (χ4v) is 1.69. The molecule has 0 radical (unpaired) electrons. The fourth-order valence-electron chi connectivity index (χ4n) is 1.69. The first kappa shape index (κ1) is 15.2. The lowest BCUT2D eigenvalue weighted by Crippen LogP contribution is -2.21. The number of anilines is 1. The molecule has 1 aromatic carbocycles. The first-order chi connectivity index (χ1) is 10.6. The number of nitrogens with two attached hydrogens (primary N) is 1. The van der Waals surface area contributed by atoms with Gasteiger partial charge in [-0.3, -0.25) is 5.41 Å². The van der Waals surface area contributed by atoms with Crippen molar-refractivity contribution in [3.8, 4) is 0 Å². The molecule has 0 aliphatic rings. The summed E-state index contributed by atoms with van der Waals surface area (Å²) in [5.74, 6) is 0.432. The number of amidine groups is 1. The van der Waals surface area contributed by atoms with Crippen LogP contribution < -0.4 is 11.1 Å². The molecule has 0 aliphatic heterocycles. The molecule has 0 atom stereocenters. The van der Waals surface area contributed by atoms with Gasteiger partial charge >= 0.3 is 0 Å². The van der Waals surface area contributed by atoms with Gasteiger partial charge in [0.05, 0.1) is 5.69 Å². The lowest BCUT2D eigenvalue weighted by molar-refractivity contribution is 0.531. The number of ether oxygens (including phenoxy) is 1. The summed E-state index contributed by atoms with van der Waals surface area (Å²) in [6.07, 6.45) is 1.21. The van der Waals surface area contributed by atoms with Crippen LogP contribution >= 0.6 is 0 Å². The van der Waals surface area contributed by atoms with Crippen LogP contribution in [0.15, 0.2) is 47.5 Å². The van der Waals surface area contributed by atoms with Gasteiger partial charge in [0, 0.05) is 13.3 Å². The number of rotatable bonds is 4. The van der Waals surface area contributed by atoms with Crippen molar-refractivity contribution in [2.45, 2.75) is 0 Å². The smallest absolute Gasteiger partial charge is 0.294 e. The zero-order valence-corrected chi connectivity index (χ0v) is 12.0. The number of aromatic nitrogens is 1. The summed E-state index contributed by atoms with van der Waals surface area (Å²) in [6, 6.07) is 12.0. The van der Waals surface area contributed by atoms with Crippen molar-refractivity contribution in [1.82, 2.24) is 4.98 Å². The zero-order valence-electron chi connectivity index (χ0n) is 12.0. The molecule has 0 aliphatic carbocycles. The molecule has 0 amide bonds. The van der Waals surface area contributed by atoms with Crippen LogP contribution in [0.3, 0.4) is 0 Å². The Hall–Kier alpha value is -3.22. The molecule has 7 heteroatoms. The molecule has 0 saturated carbocycles. The Labute approximate surface area is 127 Å². The Bertz CT molecular complexity index is 725. The monoisotopic (exact) mass is 296 g/mol. The minimum atomic E-state index is -0.193. The van der Waals surface area contributed by atoms with Crippen molar-refractivity contribution in [3.63, 3.8) is 0 Å². The van der Waals surface area contributed by atoms with E-state index in [-0.39, 0.29) is 11.9 Å². The summed E-state index contributed by atoms with van der Waals surface area (Å²) >= 11 is 0. The number of aliphatic imine (C=N–C) groups is 1. The van der Waals surface area contributed by atoms with E-state index in [2.05, 4.69) is 15.3 Å². The number of hydrogen-bond acceptors (Lipinski definition) is 6. The van der Waals surface area contributed by atoms with E-state index >= 15 is 0 Å². The van der Waals surface area contributed by atoms with Gasteiger partial charge in [-0.1, -0.05) is 18.2 Å². The van der Waals surface area contributed by atoms with Crippen LogP contribution in [-0.4, -0.2) is 30.2 Å². The fraction of sp³-hybridized carbons (Fsp3) is 0.0667. The molecule has 0 spiro atoms. The second-order valence-corrected chi connectivity index (χ2v) is 4.28. The molecule has 5 N–H and O–H groups in total. The van der Waals surface area contributed by atoms with E-state index in [1.807, 2.05) is 0 Å². The van der Waals surface area contributed by atoms with Gasteiger partial charge in [-0.15, -0.1) is 0 Å². The minimum Gasteiger partial charge on any atom is -0.405 e. The van der Waals surface area contributed by atoms with Gasteiger partial charge in [0.15, 0.2) is 0 Å². The average Bonchev–Trinajstić information content (AvgIpc) is 2.54. The summed E-state index contributed by atoms with van der Waals surface area (Å²) in [6.45, 7) is 0. The largest absolute Gasteiger partial charge is 0.405 e. The molecule has 2 aromatic rings. The second-order valence-electron chi connectivity index (χ2n) is 4.28. The molecule has 7 nitrogen and oxygen atoms in total. The van der Waals surface area contributed by atoms with Gasteiger partial charge < -0.3 is 21.2 Å². The van der Waals surface area contributed by atoms with E-state index in [0.717, 1.165) is 0 Å². The van der Waals surface area contributed by atoms with Crippen LogP contribution in [0.4, 0.5) is 11.5 Å². The predicted molar refractivity (Wildman–Crippen MR) is 87.3 cm³/mol. The number of benzene rings is 1. The lowest BCUT2D eigenvalue weighted by atomic mass is 10.2. The first-order valence-electron chi connectivity index (χ1n) is 6.48. The third kappa shape index (κ3) is 3.89. The quantitative estimate of drug-likeness (QED) is 0.510. The number of hydrogen-bond donors (Lipinski definition) is 4. The van der Waals surface area contributed by atoms with Gasteiger partial charge in [0.2, 0.25) is 5.90 Å². The van der Waals surface area contributed by atoms with Crippen LogP contribution in [0.25, 0.3) is 0 Å². The molecule has 0 saturated heterocycles. The molecule has 0 bridgehead atoms. The van der Waals surface area contributed by atoms with Crippen LogP contribution in [0.2, 0.25) is 0 Å². The van der Waals surface area contributed by atoms with Gasteiger partial charge in [-0.05, 0) is 29.8 Å². The third-order valence-electron chi connectivity index (χ3n) is 2.72. The van der Waals surface area contributed by atoms with Crippen LogP contribution in [0, 0.1) is 10.8 Å². The van der Waals surface area contributed by atoms with Crippen LogP contribution in [0.5, 0.6) is 0 Å². The summed E-state index contributed by atoms with van der Waals surface area (Å²) in [7, 11) is 1.74. The molecular weight excluding hydrogens is 280 g/mol. The van der Waals surface area contributed by atoms with E-state index in [1.165, 1.54) is 6.21 Å². The van der Waals surface area contributed by atoms with Crippen molar-refractivity contribution in [1.29, 1.82) is 10.8 Å². The molecule has 22 heavy (non-hydrogen) atoms. The van der Waals surface area contributed by atoms with Crippen LogP contribution in [-0.2, 0) is 4.74 Å². The molecule has 2 rings (SSSR count). The first-order valence-corrected chi connectivity index (χ1v) is 6.48. The highest BCUT2D eigenvalue weighted by Crippen LogP contribution is 2.13. The molecule has 112 valence electrons. The maximum Gasteiger partial charge on any atom is 0.294 e. The number of nitrogens with one attached hydrogen (secondary N) is 3. The minimum absolute atomic E-state index is 0.163. The Morgan fingerprint density at radius 1 is 1.32 bits per heavy atom. The maximum absolute atomic E-state index is 7.87. The summed E-state index contributed by atoms with van der Waals surface area (Å²) < 4.78 is 5.18. The van der Waals surface area contributed by atoms with E-state index in [4.69, 9.17) is 21.3 Å². The van der Waals surface area contributed by atoms with E-state index in [1.54, 1.807) is 49.5 Å². The van der Waals surface area contributed by atoms with Gasteiger partial charge in [-0.2, -0.15) is 4.99 Å². The van der Waals surface area contributed by atoms with E-state index in [9.17, 15) is 0 Å². The maximum atomic E-state index is 7.87. The van der Waals surface area contributed by atoms with E-state index in [0.29, 0.717) is 22.8 Å². The van der Waals surface area contributed by atoms with Crippen molar-refractivity contribution in [2.75, 3.05) is 12.4 Å². The summed E-state index contributed by atoms with van der Waals surface area (Å²) in [5.41, 5.74) is 7.28. The SMILES string of the molecule is CNc1cccc(C(=N)OC(N)=Nc2cccc(C=N)c2)n1. The third-order valence-corrected chi connectivity index (χ3v) is 2.72. The van der Waals surface area contributed by atoms with Crippen molar-refractivity contribution >= 4 is 29.6 Å². The van der Waals surface area contributed by atoms with Gasteiger partial charge in [0.25, 0.3) is 6.02 Å². The van der Waals surface area contributed by atoms with Gasteiger partial charge in [0.1, 0.15) is 11.5 Å². The number of nitrogens with zero attached hydrogens (tertiary/aromatic N) is 2. The zero-order chi connectivity index (χ0) is 15.9. The Morgan fingerprint density at radius 3 is 2.82 bits per heavy atom. The summed E-state index contributed by atoms with van der Waals surface area (Å²) in [5, 5.41) is 18.0. The normalized spacial score (nSPS) is 10.9. The average molecular weight is 296 g/mol. The lowest BCUT2D eigenvalue weighted by Gasteiger charge is -2.07. The predicted octanol–water partition coefficient (Wildman–Crippen LogP) is 2.11. The summed E-state index contributed by atoms with van der Waals surface area (Å²) in [4.78, 5) is 8.24. The Balaban J connectivity index is 2.12.